The van der Waals surface area contributed by atoms with Gasteiger partial charge in [-0.25, -0.2) is 4.79 Å². The number of primary amides is 1. The van der Waals surface area contributed by atoms with E-state index in [1.807, 2.05) is 19.1 Å². The quantitative estimate of drug-likeness (QED) is 0.631. The predicted octanol–water partition coefficient (Wildman–Crippen LogP) is 1.43. The molecule has 1 amide bonds. The summed E-state index contributed by atoms with van der Waals surface area (Å²) in [7, 11) is 0. The maximum atomic E-state index is 11.3. The molecule has 0 aliphatic heterocycles. The second-order valence-electron chi connectivity index (χ2n) is 3.49. The highest BCUT2D eigenvalue weighted by molar-refractivity contribution is 6.22. The predicted molar refractivity (Wildman–Crippen MR) is 65.0 cm³/mol. The van der Waals surface area contributed by atoms with E-state index >= 15 is 0 Å². The van der Waals surface area contributed by atoms with Crippen molar-refractivity contribution in [3.63, 3.8) is 0 Å². The van der Waals surface area contributed by atoms with E-state index in [-0.39, 0.29) is 12.2 Å². The average molecular weight is 233 g/mol. The van der Waals surface area contributed by atoms with Crippen molar-refractivity contribution in [3.05, 3.63) is 41.5 Å². The summed E-state index contributed by atoms with van der Waals surface area (Å²) in [5.41, 5.74) is 6.96. The van der Waals surface area contributed by atoms with Gasteiger partial charge in [-0.05, 0) is 25.0 Å². The Bertz CT molecular complexity index is 463. The molecular weight excluding hydrogens is 218 g/mol. The van der Waals surface area contributed by atoms with Crippen LogP contribution in [0, 0.1) is 6.92 Å². The van der Waals surface area contributed by atoms with Crippen LogP contribution in [0.15, 0.2) is 30.3 Å². The number of carbonyl (C=O) groups excluding carboxylic acids is 2. The number of esters is 1. The third kappa shape index (κ3) is 3.45. The zero-order chi connectivity index (χ0) is 12.8. The van der Waals surface area contributed by atoms with Gasteiger partial charge in [-0.2, -0.15) is 0 Å². The van der Waals surface area contributed by atoms with E-state index in [1.165, 1.54) is 0 Å². The summed E-state index contributed by atoms with van der Waals surface area (Å²) in [6.07, 6.45) is 1.13. The van der Waals surface area contributed by atoms with E-state index in [4.69, 9.17) is 10.5 Å². The smallest absolute Gasteiger partial charge is 0.331 e. The van der Waals surface area contributed by atoms with Crippen LogP contribution in [0.2, 0.25) is 0 Å². The fourth-order valence-corrected chi connectivity index (χ4v) is 1.46. The van der Waals surface area contributed by atoms with E-state index < -0.39 is 11.9 Å². The summed E-state index contributed by atoms with van der Waals surface area (Å²) < 4.78 is 4.76. The Morgan fingerprint density at radius 1 is 1.35 bits per heavy atom. The number of hydrogen-bond donors (Lipinski definition) is 1. The summed E-state index contributed by atoms with van der Waals surface area (Å²) in [6.45, 7) is 3.80. The molecule has 0 saturated carbocycles. The Kier molecular flexibility index (Phi) is 4.46. The molecule has 4 nitrogen and oxygen atoms in total. The fraction of sp³-hybridized carbons (Fsp3) is 0.231. The van der Waals surface area contributed by atoms with E-state index in [0.29, 0.717) is 5.56 Å². The van der Waals surface area contributed by atoms with Gasteiger partial charge in [-0.1, -0.05) is 24.3 Å². The van der Waals surface area contributed by atoms with Crippen LogP contribution in [-0.4, -0.2) is 18.5 Å². The van der Waals surface area contributed by atoms with Gasteiger partial charge in [0.25, 0.3) is 0 Å². The fourth-order valence-electron chi connectivity index (χ4n) is 1.46. The van der Waals surface area contributed by atoms with Gasteiger partial charge in [0.2, 0.25) is 5.91 Å². The molecule has 90 valence electrons. The summed E-state index contributed by atoms with van der Waals surface area (Å²) >= 11 is 0. The van der Waals surface area contributed by atoms with Gasteiger partial charge in [0, 0.05) is 6.08 Å². The van der Waals surface area contributed by atoms with Gasteiger partial charge in [0.15, 0.2) is 0 Å². The Hall–Kier alpha value is -2.10. The summed E-state index contributed by atoms with van der Waals surface area (Å²) in [4.78, 5) is 22.7. The number of nitrogens with two attached hydrogens (primary N) is 1. The first kappa shape index (κ1) is 13.0. The number of amides is 1. The highest BCUT2D eigenvalue weighted by atomic mass is 16.5. The molecule has 2 N–H and O–H groups in total. The summed E-state index contributed by atoms with van der Waals surface area (Å²) in [6, 6.07) is 7.22. The summed E-state index contributed by atoms with van der Waals surface area (Å²) in [5, 5.41) is 0. The highest BCUT2D eigenvalue weighted by Crippen LogP contribution is 2.18. The van der Waals surface area contributed by atoms with Crippen molar-refractivity contribution in [3.8, 4) is 0 Å². The molecule has 1 aromatic carbocycles. The molecule has 4 heteroatoms. The maximum Gasteiger partial charge on any atom is 0.331 e. The van der Waals surface area contributed by atoms with E-state index in [2.05, 4.69) is 0 Å². The first-order valence-corrected chi connectivity index (χ1v) is 5.30. The number of benzene rings is 1. The lowest BCUT2D eigenvalue weighted by Gasteiger charge is -2.07. The van der Waals surface area contributed by atoms with Crippen molar-refractivity contribution in [1.82, 2.24) is 0 Å². The normalized spacial score (nSPS) is 11.1. The van der Waals surface area contributed by atoms with Crippen LogP contribution < -0.4 is 5.73 Å². The van der Waals surface area contributed by atoms with Crippen LogP contribution in [0.25, 0.3) is 5.57 Å². The average Bonchev–Trinajstić information content (AvgIpc) is 2.27. The van der Waals surface area contributed by atoms with Crippen LogP contribution >= 0.6 is 0 Å². The highest BCUT2D eigenvalue weighted by Gasteiger charge is 2.12. The molecule has 0 bridgehead atoms. The first-order chi connectivity index (χ1) is 8.06. The van der Waals surface area contributed by atoms with Gasteiger partial charge in [0.05, 0.1) is 12.2 Å². The van der Waals surface area contributed by atoms with Crippen LogP contribution in [0.5, 0.6) is 0 Å². The van der Waals surface area contributed by atoms with E-state index in [0.717, 1.165) is 11.6 Å². The molecule has 0 heterocycles. The minimum atomic E-state index is -0.646. The molecule has 17 heavy (non-hydrogen) atoms. The molecule has 0 aromatic heterocycles. The standard InChI is InChI=1S/C13H15NO3/c1-3-17-12(15)8-11(13(14)16)10-7-5-4-6-9(10)2/h4-8H,3H2,1-2H3,(H2,14,16)/b11-8-. The van der Waals surface area contributed by atoms with E-state index in [9.17, 15) is 9.59 Å². The van der Waals surface area contributed by atoms with Crippen molar-refractivity contribution in [2.75, 3.05) is 6.61 Å². The maximum absolute atomic E-state index is 11.3. The lowest BCUT2D eigenvalue weighted by atomic mass is 10.00. The lowest BCUT2D eigenvalue weighted by molar-refractivity contribution is -0.137. The van der Waals surface area contributed by atoms with Gasteiger partial charge in [-0.3, -0.25) is 4.79 Å². The molecule has 0 saturated heterocycles. The molecule has 0 atom stereocenters. The number of rotatable bonds is 4. The molecule has 0 unspecified atom stereocenters. The van der Waals surface area contributed by atoms with Gasteiger partial charge in [-0.15, -0.1) is 0 Å². The molecule has 0 radical (unpaired) electrons. The number of ether oxygens (including phenoxy) is 1. The van der Waals surface area contributed by atoms with Crippen LogP contribution in [0.4, 0.5) is 0 Å². The van der Waals surface area contributed by atoms with Crippen molar-refractivity contribution < 1.29 is 14.3 Å². The largest absolute Gasteiger partial charge is 0.463 e. The van der Waals surface area contributed by atoms with Gasteiger partial charge >= 0.3 is 5.97 Å². The Labute approximate surface area is 100 Å². The molecule has 0 spiro atoms. The molecule has 1 aromatic rings. The third-order valence-corrected chi connectivity index (χ3v) is 2.25. The zero-order valence-corrected chi connectivity index (χ0v) is 9.90. The Morgan fingerprint density at radius 3 is 2.53 bits per heavy atom. The van der Waals surface area contributed by atoms with Crippen LogP contribution in [0.1, 0.15) is 18.1 Å². The molecular formula is C13H15NO3. The number of hydrogen-bond acceptors (Lipinski definition) is 3. The zero-order valence-electron chi connectivity index (χ0n) is 9.90. The van der Waals surface area contributed by atoms with Crippen molar-refractivity contribution in [2.24, 2.45) is 5.73 Å². The molecule has 1 rings (SSSR count). The minimum Gasteiger partial charge on any atom is -0.463 e. The third-order valence-electron chi connectivity index (χ3n) is 2.25. The number of aryl methyl sites for hydroxylation is 1. The molecule has 0 aliphatic carbocycles. The van der Waals surface area contributed by atoms with Crippen LogP contribution in [0.3, 0.4) is 0 Å². The Morgan fingerprint density at radius 2 is 2.00 bits per heavy atom. The Balaban J connectivity index is 3.15. The van der Waals surface area contributed by atoms with Gasteiger partial charge in [0.1, 0.15) is 0 Å². The summed E-state index contributed by atoms with van der Waals surface area (Å²) in [5.74, 6) is -1.21. The SMILES string of the molecule is CCOC(=O)/C=C(\C(N)=O)c1ccccc1C. The first-order valence-electron chi connectivity index (χ1n) is 5.30. The molecule has 0 aliphatic rings. The minimum absolute atomic E-state index is 0.168. The van der Waals surface area contributed by atoms with Crippen molar-refractivity contribution in [1.29, 1.82) is 0 Å². The number of carbonyl (C=O) groups is 2. The van der Waals surface area contributed by atoms with E-state index in [1.54, 1.807) is 19.1 Å². The second-order valence-corrected chi connectivity index (χ2v) is 3.49. The van der Waals surface area contributed by atoms with Crippen molar-refractivity contribution in [2.45, 2.75) is 13.8 Å². The monoisotopic (exact) mass is 233 g/mol. The van der Waals surface area contributed by atoms with Gasteiger partial charge < -0.3 is 10.5 Å². The molecule has 0 fully saturated rings. The topological polar surface area (TPSA) is 69.4 Å². The van der Waals surface area contributed by atoms with Crippen molar-refractivity contribution >= 4 is 17.4 Å². The lowest BCUT2D eigenvalue weighted by Crippen LogP contribution is -2.15. The second kappa shape index (κ2) is 5.84. The van der Waals surface area contributed by atoms with Crippen LogP contribution in [-0.2, 0) is 14.3 Å².